The Morgan fingerprint density at radius 3 is 2.57 bits per heavy atom. The van der Waals surface area contributed by atoms with Gasteiger partial charge in [-0.25, -0.2) is 9.37 Å². The van der Waals surface area contributed by atoms with Crippen molar-refractivity contribution in [2.24, 2.45) is 0 Å². The van der Waals surface area contributed by atoms with Gasteiger partial charge in [-0.2, -0.15) is 5.10 Å². The van der Waals surface area contributed by atoms with E-state index in [4.69, 9.17) is 0 Å². The number of hydrogen-bond acceptors (Lipinski definition) is 5. The van der Waals surface area contributed by atoms with Gasteiger partial charge in [0.15, 0.2) is 0 Å². The van der Waals surface area contributed by atoms with Crippen molar-refractivity contribution in [1.82, 2.24) is 35.4 Å². The molecule has 0 aliphatic heterocycles. The molecule has 194 valence electrons. The van der Waals surface area contributed by atoms with E-state index in [1.165, 1.54) is 24.5 Å². The second-order valence-electron chi connectivity index (χ2n) is 6.81. The SMILES string of the molecule is Cl.O.O.O.O.O=C(NCc1ncccc1F)c1cnn(CCNCCc2nc3ccccc3[nH]2)c1. The Kier molecular flexibility index (Phi) is 15.6. The standard InChI is InChI=1S/C21H22FN7O.ClH.4H2O/c22-16-4-3-8-24-19(16)13-25-21(30)15-12-26-29(14-15)11-10-23-9-7-20-27-17-5-1-2-6-18(17)28-20;;;;;/h1-6,8,12,14,23H,7,9-11,13H2,(H,25,30)(H,27,28);1H;4*1H2. The number of para-hydroxylation sites is 2. The number of amides is 1. The second-order valence-corrected chi connectivity index (χ2v) is 6.81. The maximum atomic E-state index is 13.6. The van der Waals surface area contributed by atoms with Crippen LogP contribution >= 0.6 is 12.4 Å². The predicted octanol–water partition coefficient (Wildman–Crippen LogP) is -0.821. The minimum atomic E-state index is -0.442. The molecule has 0 unspecified atom stereocenters. The summed E-state index contributed by atoms with van der Waals surface area (Å²) >= 11 is 0. The van der Waals surface area contributed by atoms with Gasteiger partial charge in [0.25, 0.3) is 5.91 Å². The van der Waals surface area contributed by atoms with Crippen molar-refractivity contribution in [1.29, 1.82) is 0 Å². The molecule has 14 heteroatoms. The number of aromatic amines is 1. The highest BCUT2D eigenvalue weighted by Crippen LogP contribution is 2.10. The Bertz CT molecular complexity index is 1120. The fraction of sp³-hybridized carbons (Fsp3) is 0.238. The number of pyridine rings is 1. The number of nitrogens with zero attached hydrogens (tertiary/aromatic N) is 4. The van der Waals surface area contributed by atoms with Crippen LogP contribution in [-0.4, -0.2) is 65.6 Å². The summed E-state index contributed by atoms with van der Waals surface area (Å²) in [6.07, 6.45) is 5.46. The zero-order valence-corrected chi connectivity index (χ0v) is 19.5. The molecule has 1 aromatic carbocycles. The van der Waals surface area contributed by atoms with Crippen molar-refractivity contribution in [2.45, 2.75) is 19.5 Å². The number of rotatable bonds is 9. The van der Waals surface area contributed by atoms with Crippen molar-refractivity contribution in [2.75, 3.05) is 13.1 Å². The van der Waals surface area contributed by atoms with E-state index in [-0.39, 0.29) is 52.5 Å². The molecule has 0 atom stereocenters. The fourth-order valence-electron chi connectivity index (χ4n) is 3.07. The van der Waals surface area contributed by atoms with Gasteiger partial charge in [-0.1, -0.05) is 12.1 Å². The molecule has 0 fully saturated rings. The minimum absolute atomic E-state index is 0. The Morgan fingerprint density at radius 1 is 1.06 bits per heavy atom. The van der Waals surface area contributed by atoms with Gasteiger partial charge >= 0.3 is 0 Å². The summed E-state index contributed by atoms with van der Waals surface area (Å²) in [4.78, 5) is 24.0. The number of carbonyl (C=O) groups is 1. The van der Waals surface area contributed by atoms with Crippen LogP contribution in [0.1, 0.15) is 21.9 Å². The highest BCUT2D eigenvalue weighted by Gasteiger charge is 2.10. The van der Waals surface area contributed by atoms with Crippen molar-refractivity contribution in [3.05, 3.63) is 77.9 Å². The van der Waals surface area contributed by atoms with E-state index in [0.29, 0.717) is 18.7 Å². The number of imidazole rings is 1. The lowest BCUT2D eigenvalue weighted by molar-refractivity contribution is 0.0950. The summed E-state index contributed by atoms with van der Waals surface area (Å²) in [5, 5.41) is 10.2. The van der Waals surface area contributed by atoms with E-state index in [9.17, 15) is 9.18 Å². The summed E-state index contributed by atoms with van der Waals surface area (Å²) in [6.45, 7) is 2.15. The van der Waals surface area contributed by atoms with Crippen LogP contribution in [-0.2, 0) is 19.5 Å². The number of halogens is 2. The number of hydrogen-bond donors (Lipinski definition) is 3. The Morgan fingerprint density at radius 2 is 1.83 bits per heavy atom. The first-order valence-corrected chi connectivity index (χ1v) is 9.73. The van der Waals surface area contributed by atoms with Crippen LogP contribution in [0.25, 0.3) is 11.0 Å². The highest BCUT2D eigenvalue weighted by atomic mass is 35.5. The minimum Gasteiger partial charge on any atom is -0.412 e. The third-order valence-electron chi connectivity index (χ3n) is 4.64. The molecule has 35 heavy (non-hydrogen) atoms. The van der Waals surface area contributed by atoms with E-state index >= 15 is 0 Å². The van der Waals surface area contributed by atoms with Gasteiger partial charge in [0.1, 0.15) is 11.6 Å². The number of H-pyrrole nitrogens is 1. The first-order chi connectivity index (χ1) is 14.7. The maximum Gasteiger partial charge on any atom is 0.254 e. The molecular weight excluding hydrogens is 485 g/mol. The third-order valence-corrected chi connectivity index (χ3v) is 4.64. The molecule has 0 aliphatic carbocycles. The largest absolute Gasteiger partial charge is 0.412 e. The van der Waals surface area contributed by atoms with Crippen molar-refractivity contribution >= 4 is 29.3 Å². The zero-order chi connectivity index (χ0) is 20.8. The quantitative estimate of drug-likeness (QED) is 0.242. The van der Waals surface area contributed by atoms with Crippen LogP contribution in [0.2, 0.25) is 0 Å². The molecule has 0 saturated heterocycles. The summed E-state index contributed by atoms with van der Waals surface area (Å²) in [6, 6.07) is 10.8. The molecule has 0 aliphatic rings. The fourth-order valence-corrected chi connectivity index (χ4v) is 3.07. The predicted molar refractivity (Wildman–Crippen MR) is 132 cm³/mol. The highest BCUT2D eigenvalue weighted by molar-refractivity contribution is 5.93. The molecular formula is C21H31ClFN7O5. The van der Waals surface area contributed by atoms with Gasteiger partial charge in [-0.15, -0.1) is 12.4 Å². The van der Waals surface area contributed by atoms with Gasteiger partial charge in [-0.05, 0) is 24.3 Å². The van der Waals surface area contributed by atoms with Crippen LogP contribution < -0.4 is 10.6 Å². The molecule has 3 heterocycles. The van der Waals surface area contributed by atoms with Crippen LogP contribution in [0.5, 0.6) is 0 Å². The molecule has 4 aromatic rings. The first kappa shape index (κ1) is 33.7. The molecule has 0 saturated carbocycles. The monoisotopic (exact) mass is 515 g/mol. The lowest BCUT2D eigenvalue weighted by Crippen LogP contribution is -2.24. The topological polar surface area (TPSA) is 227 Å². The lowest BCUT2D eigenvalue weighted by atomic mass is 10.3. The van der Waals surface area contributed by atoms with Crippen molar-refractivity contribution < 1.29 is 31.1 Å². The number of aromatic nitrogens is 5. The van der Waals surface area contributed by atoms with Crippen LogP contribution in [0.3, 0.4) is 0 Å². The van der Waals surface area contributed by atoms with Crippen molar-refractivity contribution in [3.8, 4) is 0 Å². The van der Waals surface area contributed by atoms with Crippen LogP contribution in [0.15, 0.2) is 55.0 Å². The van der Waals surface area contributed by atoms with Crippen LogP contribution in [0, 0.1) is 5.82 Å². The third kappa shape index (κ3) is 9.01. The normalized spacial score (nSPS) is 9.51. The van der Waals surface area contributed by atoms with E-state index in [1.54, 1.807) is 10.9 Å². The second kappa shape index (κ2) is 16.2. The molecule has 12 nitrogen and oxygen atoms in total. The average Bonchev–Trinajstić information content (AvgIpc) is 3.39. The van der Waals surface area contributed by atoms with Crippen LogP contribution in [0.4, 0.5) is 4.39 Å². The van der Waals surface area contributed by atoms with Gasteiger partial charge in [0.2, 0.25) is 0 Å². The van der Waals surface area contributed by atoms with Gasteiger partial charge in [-0.3, -0.25) is 14.5 Å². The molecule has 4 rings (SSSR count). The van der Waals surface area contributed by atoms with E-state index in [0.717, 1.165) is 29.8 Å². The van der Waals surface area contributed by atoms with Gasteiger partial charge < -0.3 is 37.5 Å². The lowest BCUT2D eigenvalue weighted by Gasteiger charge is -2.04. The Balaban J connectivity index is 0. The molecule has 3 aromatic heterocycles. The average molecular weight is 516 g/mol. The first-order valence-electron chi connectivity index (χ1n) is 9.73. The number of carbonyl (C=O) groups excluding carboxylic acids is 1. The number of fused-ring (bicyclic) bond motifs is 1. The summed E-state index contributed by atoms with van der Waals surface area (Å²) in [5.41, 5.74) is 2.64. The van der Waals surface area contributed by atoms with Crippen molar-refractivity contribution in [3.63, 3.8) is 0 Å². The summed E-state index contributed by atoms with van der Waals surface area (Å²) in [7, 11) is 0. The summed E-state index contributed by atoms with van der Waals surface area (Å²) in [5.74, 6) is 0.192. The van der Waals surface area contributed by atoms with Gasteiger partial charge in [0.05, 0.1) is 41.6 Å². The molecule has 0 bridgehead atoms. The number of nitrogens with one attached hydrogen (secondary N) is 3. The Labute approximate surface area is 206 Å². The maximum absolute atomic E-state index is 13.6. The van der Waals surface area contributed by atoms with Gasteiger partial charge in [0, 0.05) is 31.9 Å². The smallest absolute Gasteiger partial charge is 0.254 e. The van der Waals surface area contributed by atoms with E-state index in [1.807, 2.05) is 24.3 Å². The summed E-state index contributed by atoms with van der Waals surface area (Å²) < 4.78 is 15.3. The molecule has 0 spiro atoms. The molecule has 1 amide bonds. The molecule has 11 N–H and O–H groups in total. The Hall–Kier alpha value is -3.46. The zero-order valence-electron chi connectivity index (χ0n) is 18.7. The van der Waals surface area contributed by atoms with E-state index in [2.05, 4.69) is 30.7 Å². The molecule has 0 radical (unpaired) electrons. The number of benzene rings is 1. The van der Waals surface area contributed by atoms with E-state index < -0.39 is 5.82 Å².